The maximum absolute atomic E-state index is 6.64. The van der Waals surface area contributed by atoms with E-state index in [1.807, 2.05) is 0 Å². The Labute approximate surface area is 184 Å². The molecule has 4 aromatic rings. The van der Waals surface area contributed by atoms with Gasteiger partial charge in [-0.25, -0.2) is 0 Å². The molecule has 0 unspecified atom stereocenters. The van der Waals surface area contributed by atoms with Gasteiger partial charge < -0.3 is 4.74 Å². The van der Waals surface area contributed by atoms with E-state index in [1.165, 1.54) is 87.3 Å². The average Bonchev–Trinajstić information content (AvgIpc) is 2.76. The molecule has 2 heteroatoms. The first-order valence-electron chi connectivity index (χ1n) is 11.7. The van der Waals surface area contributed by atoms with E-state index in [9.17, 15) is 0 Å². The summed E-state index contributed by atoms with van der Waals surface area (Å²) < 4.78 is 9.01. The van der Waals surface area contributed by atoms with Gasteiger partial charge in [0.2, 0.25) is 5.52 Å². The molecule has 0 radical (unpaired) electrons. The largest absolute Gasteiger partial charge is 0.450 e. The summed E-state index contributed by atoms with van der Waals surface area (Å²) in [5.74, 6) is 2.66. The number of nitrogens with zero attached hydrogens (tertiary/aromatic N) is 1. The molecule has 1 aliphatic carbocycles. The Kier molecular flexibility index (Phi) is 4.15. The van der Waals surface area contributed by atoms with Gasteiger partial charge in [-0.05, 0) is 73.2 Å². The molecule has 0 saturated heterocycles. The first-order chi connectivity index (χ1) is 15.0. The van der Waals surface area contributed by atoms with Crippen molar-refractivity contribution in [1.82, 2.24) is 0 Å². The SMILES string of the molecule is Cc1cc2c3c(c(C)c(C)cc3c1)-c1c(cc3c(C4CCCCC4)cccc3[n+]1C)O2. The number of aryl methyl sites for hydroxylation is 3. The van der Waals surface area contributed by atoms with Gasteiger partial charge in [0.25, 0.3) is 5.69 Å². The Morgan fingerprint density at radius 3 is 2.52 bits per heavy atom. The summed E-state index contributed by atoms with van der Waals surface area (Å²) in [4.78, 5) is 0. The molecule has 0 N–H and O–H groups in total. The average molecular weight is 409 g/mol. The Bertz CT molecular complexity index is 1380. The van der Waals surface area contributed by atoms with E-state index < -0.39 is 0 Å². The maximum Gasteiger partial charge on any atom is 0.256 e. The first kappa shape index (κ1) is 18.9. The molecule has 1 aliphatic heterocycles. The van der Waals surface area contributed by atoms with Crippen LogP contribution in [0.3, 0.4) is 0 Å². The van der Waals surface area contributed by atoms with Crippen LogP contribution in [-0.2, 0) is 7.05 Å². The number of hydrogen-bond donors (Lipinski definition) is 0. The fourth-order valence-corrected chi connectivity index (χ4v) is 6.03. The van der Waals surface area contributed by atoms with Crippen LogP contribution in [-0.4, -0.2) is 0 Å². The minimum absolute atomic E-state index is 0.668. The summed E-state index contributed by atoms with van der Waals surface area (Å²) in [7, 11) is 2.21. The summed E-state index contributed by atoms with van der Waals surface area (Å²) in [6.45, 7) is 6.64. The van der Waals surface area contributed by atoms with Crippen LogP contribution in [0.2, 0.25) is 0 Å². The van der Waals surface area contributed by atoms with Crippen molar-refractivity contribution < 1.29 is 9.30 Å². The van der Waals surface area contributed by atoms with Crippen LogP contribution in [0.1, 0.15) is 60.3 Å². The molecule has 2 heterocycles. The fourth-order valence-electron chi connectivity index (χ4n) is 6.03. The molecule has 2 aliphatic rings. The van der Waals surface area contributed by atoms with Gasteiger partial charge in [0.1, 0.15) is 12.8 Å². The lowest BCUT2D eigenvalue weighted by molar-refractivity contribution is -0.633. The van der Waals surface area contributed by atoms with Gasteiger partial charge in [-0.15, -0.1) is 0 Å². The van der Waals surface area contributed by atoms with E-state index >= 15 is 0 Å². The predicted molar refractivity (Wildman–Crippen MR) is 128 cm³/mol. The molecule has 1 fully saturated rings. The zero-order valence-electron chi connectivity index (χ0n) is 19.0. The van der Waals surface area contributed by atoms with Crippen molar-refractivity contribution in [3.05, 3.63) is 64.7 Å². The zero-order chi connectivity index (χ0) is 21.3. The van der Waals surface area contributed by atoms with E-state index in [-0.39, 0.29) is 0 Å². The second-order valence-electron chi connectivity index (χ2n) is 9.69. The van der Waals surface area contributed by atoms with Crippen LogP contribution >= 0.6 is 0 Å². The van der Waals surface area contributed by atoms with Crippen molar-refractivity contribution in [2.24, 2.45) is 7.05 Å². The van der Waals surface area contributed by atoms with Crippen molar-refractivity contribution in [2.75, 3.05) is 0 Å². The molecule has 156 valence electrons. The Morgan fingerprint density at radius 2 is 1.71 bits per heavy atom. The fraction of sp³-hybridized carbons (Fsp3) is 0.345. The molecule has 0 bridgehead atoms. The standard InChI is InChI=1S/C29H30NO/c1-17-13-21-15-18(2)19(3)27-28(21)25(14-17)31-26-16-23-22(20-9-6-5-7-10-20)11-8-12-24(23)30(4)29(26)27/h8,11-16,20H,5-7,9-10H2,1-4H3/q+1. The summed E-state index contributed by atoms with van der Waals surface area (Å²) >= 11 is 0. The number of fused-ring (bicyclic) bond motifs is 3. The molecule has 1 saturated carbocycles. The van der Waals surface area contributed by atoms with E-state index in [1.54, 1.807) is 0 Å². The third-order valence-electron chi connectivity index (χ3n) is 7.69. The number of aromatic nitrogens is 1. The summed E-state index contributed by atoms with van der Waals surface area (Å²) in [6.07, 6.45) is 6.69. The lowest BCUT2D eigenvalue weighted by Gasteiger charge is -2.25. The third-order valence-corrected chi connectivity index (χ3v) is 7.69. The number of ether oxygens (including phenoxy) is 1. The highest BCUT2D eigenvalue weighted by Gasteiger charge is 2.32. The van der Waals surface area contributed by atoms with Crippen LogP contribution in [0.25, 0.3) is 32.9 Å². The molecule has 31 heavy (non-hydrogen) atoms. The van der Waals surface area contributed by atoms with Gasteiger partial charge in [0, 0.05) is 17.5 Å². The number of hydrogen-bond acceptors (Lipinski definition) is 1. The Morgan fingerprint density at radius 1 is 0.903 bits per heavy atom. The van der Waals surface area contributed by atoms with Gasteiger partial charge in [0.15, 0.2) is 5.75 Å². The topological polar surface area (TPSA) is 13.1 Å². The van der Waals surface area contributed by atoms with Crippen LogP contribution in [0, 0.1) is 20.8 Å². The molecular weight excluding hydrogens is 378 g/mol. The zero-order valence-corrected chi connectivity index (χ0v) is 19.0. The van der Waals surface area contributed by atoms with Crippen molar-refractivity contribution in [3.8, 4) is 22.8 Å². The highest BCUT2D eigenvalue weighted by atomic mass is 16.5. The van der Waals surface area contributed by atoms with Crippen molar-refractivity contribution in [3.63, 3.8) is 0 Å². The van der Waals surface area contributed by atoms with Gasteiger partial charge in [0.05, 0.1) is 10.9 Å². The van der Waals surface area contributed by atoms with Gasteiger partial charge in [-0.3, -0.25) is 0 Å². The predicted octanol–water partition coefficient (Wildman–Crippen LogP) is 7.56. The van der Waals surface area contributed by atoms with Gasteiger partial charge in [-0.2, -0.15) is 4.57 Å². The van der Waals surface area contributed by atoms with E-state index in [0.717, 1.165) is 11.5 Å². The monoisotopic (exact) mass is 408 g/mol. The highest BCUT2D eigenvalue weighted by molar-refractivity contribution is 6.05. The lowest BCUT2D eigenvalue weighted by atomic mass is 9.82. The van der Waals surface area contributed by atoms with Gasteiger partial charge in [-0.1, -0.05) is 43.5 Å². The molecule has 2 nitrogen and oxygen atoms in total. The lowest BCUT2D eigenvalue weighted by Crippen LogP contribution is -2.34. The minimum atomic E-state index is 0.668. The third kappa shape index (κ3) is 2.74. The normalized spacial score (nSPS) is 15.9. The van der Waals surface area contributed by atoms with E-state index in [0.29, 0.717) is 5.92 Å². The molecule has 1 aromatic heterocycles. The number of rotatable bonds is 1. The molecule has 6 rings (SSSR count). The number of benzene rings is 3. The van der Waals surface area contributed by atoms with Crippen molar-refractivity contribution in [1.29, 1.82) is 0 Å². The molecule has 0 amide bonds. The maximum atomic E-state index is 6.64. The molecular formula is C29H30NO+. The smallest absolute Gasteiger partial charge is 0.256 e. The molecule has 0 atom stereocenters. The highest BCUT2D eigenvalue weighted by Crippen LogP contribution is 2.49. The van der Waals surface area contributed by atoms with Crippen LogP contribution in [0.5, 0.6) is 11.5 Å². The van der Waals surface area contributed by atoms with Crippen LogP contribution in [0.4, 0.5) is 0 Å². The Hall–Kier alpha value is -2.87. The minimum Gasteiger partial charge on any atom is -0.450 e. The Balaban J connectivity index is 1.69. The summed E-state index contributed by atoms with van der Waals surface area (Å²) in [5, 5.41) is 3.88. The molecule has 0 spiro atoms. The van der Waals surface area contributed by atoms with Crippen LogP contribution < -0.4 is 9.30 Å². The number of pyridine rings is 1. The van der Waals surface area contributed by atoms with Crippen molar-refractivity contribution >= 4 is 21.7 Å². The summed E-state index contributed by atoms with van der Waals surface area (Å²) in [5.41, 5.74) is 9.27. The van der Waals surface area contributed by atoms with E-state index in [2.05, 4.69) is 74.9 Å². The van der Waals surface area contributed by atoms with Crippen molar-refractivity contribution in [2.45, 2.75) is 58.8 Å². The van der Waals surface area contributed by atoms with Crippen LogP contribution in [0.15, 0.2) is 42.5 Å². The first-order valence-corrected chi connectivity index (χ1v) is 11.7. The summed E-state index contributed by atoms with van der Waals surface area (Å²) in [6, 6.07) is 16.0. The van der Waals surface area contributed by atoms with Gasteiger partial charge >= 0.3 is 0 Å². The van der Waals surface area contributed by atoms with E-state index in [4.69, 9.17) is 4.74 Å². The second-order valence-corrected chi connectivity index (χ2v) is 9.69. The molecule has 3 aromatic carbocycles. The second kappa shape index (κ2) is 6.82. The quantitative estimate of drug-likeness (QED) is 0.261.